The SMILES string of the molecule is Cc1ccc(OCc2nn3c(CN4CCOCC4)nnc3s2)c([N+](=O)[O-])c1. The minimum absolute atomic E-state index is 0.0500. The average Bonchev–Trinajstić information content (AvgIpc) is 3.23. The highest BCUT2D eigenvalue weighted by molar-refractivity contribution is 7.16. The predicted octanol–water partition coefficient (Wildman–Crippen LogP) is 1.81. The fourth-order valence-corrected chi connectivity index (χ4v) is 3.61. The standard InChI is InChI=1S/C16H18N6O4S/c1-11-2-3-13(12(8-11)22(23)24)26-10-15-19-21-14(17-18-16(21)27-15)9-20-4-6-25-7-5-20/h2-3,8H,4-7,9-10H2,1H3. The van der Waals surface area contributed by atoms with Crippen molar-refractivity contribution < 1.29 is 14.4 Å². The molecular weight excluding hydrogens is 372 g/mol. The molecule has 0 N–H and O–H groups in total. The third-order valence-electron chi connectivity index (χ3n) is 4.23. The molecule has 0 unspecified atom stereocenters. The number of rotatable bonds is 6. The molecule has 1 aromatic carbocycles. The maximum atomic E-state index is 11.2. The number of fused-ring (bicyclic) bond motifs is 1. The summed E-state index contributed by atoms with van der Waals surface area (Å²) < 4.78 is 12.7. The van der Waals surface area contributed by atoms with Crippen molar-refractivity contribution in [3.8, 4) is 5.75 Å². The fraction of sp³-hybridized carbons (Fsp3) is 0.438. The zero-order valence-corrected chi connectivity index (χ0v) is 15.5. The molecule has 0 atom stereocenters. The molecule has 11 heteroatoms. The normalized spacial score (nSPS) is 15.3. The number of benzene rings is 1. The first kappa shape index (κ1) is 17.8. The van der Waals surface area contributed by atoms with E-state index in [0.29, 0.717) is 29.7 Å². The Hall–Kier alpha value is -2.63. The van der Waals surface area contributed by atoms with Gasteiger partial charge in [0.25, 0.3) is 0 Å². The van der Waals surface area contributed by atoms with Crippen LogP contribution in [0, 0.1) is 17.0 Å². The van der Waals surface area contributed by atoms with Crippen molar-refractivity contribution in [2.24, 2.45) is 0 Å². The maximum absolute atomic E-state index is 11.2. The van der Waals surface area contributed by atoms with Crippen molar-refractivity contribution >= 4 is 22.0 Å². The molecule has 27 heavy (non-hydrogen) atoms. The van der Waals surface area contributed by atoms with Crippen LogP contribution >= 0.6 is 11.3 Å². The van der Waals surface area contributed by atoms with Crippen LogP contribution in [-0.2, 0) is 17.9 Å². The molecule has 3 aromatic rings. The third-order valence-corrected chi connectivity index (χ3v) is 5.10. The van der Waals surface area contributed by atoms with Crippen molar-refractivity contribution in [3.05, 3.63) is 44.7 Å². The lowest BCUT2D eigenvalue weighted by molar-refractivity contribution is -0.386. The molecule has 0 spiro atoms. The summed E-state index contributed by atoms with van der Waals surface area (Å²) in [5, 5.41) is 24.7. The van der Waals surface area contributed by atoms with E-state index in [-0.39, 0.29) is 18.0 Å². The van der Waals surface area contributed by atoms with E-state index in [9.17, 15) is 10.1 Å². The monoisotopic (exact) mass is 390 g/mol. The summed E-state index contributed by atoms with van der Waals surface area (Å²) in [7, 11) is 0. The van der Waals surface area contributed by atoms with Crippen LogP contribution in [0.1, 0.15) is 16.4 Å². The van der Waals surface area contributed by atoms with Crippen molar-refractivity contribution in [1.82, 2.24) is 24.7 Å². The van der Waals surface area contributed by atoms with Crippen LogP contribution in [0.15, 0.2) is 18.2 Å². The van der Waals surface area contributed by atoms with Gasteiger partial charge in [-0.05, 0) is 18.6 Å². The minimum atomic E-state index is -0.443. The molecule has 0 aliphatic carbocycles. The first-order chi connectivity index (χ1) is 13.1. The number of hydrogen-bond donors (Lipinski definition) is 0. The molecule has 1 aliphatic heterocycles. The summed E-state index contributed by atoms with van der Waals surface area (Å²) in [4.78, 5) is 13.7. The Bertz CT molecular complexity index is 965. The van der Waals surface area contributed by atoms with Gasteiger partial charge in [0.05, 0.1) is 24.7 Å². The van der Waals surface area contributed by atoms with Crippen LogP contribution in [0.2, 0.25) is 0 Å². The Morgan fingerprint density at radius 3 is 2.93 bits per heavy atom. The first-order valence-electron chi connectivity index (χ1n) is 8.48. The van der Waals surface area contributed by atoms with Crippen LogP contribution < -0.4 is 4.74 Å². The second kappa shape index (κ2) is 7.55. The third kappa shape index (κ3) is 3.89. The van der Waals surface area contributed by atoms with Crippen LogP contribution in [0.4, 0.5) is 5.69 Å². The molecule has 0 bridgehead atoms. The molecule has 0 amide bonds. The summed E-state index contributed by atoms with van der Waals surface area (Å²) >= 11 is 1.36. The molecule has 3 heterocycles. The van der Waals surface area contributed by atoms with E-state index >= 15 is 0 Å². The van der Waals surface area contributed by atoms with Gasteiger partial charge >= 0.3 is 5.69 Å². The lowest BCUT2D eigenvalue weighted by Gasteiger charge is -2.25. The van der Waals surface area contributed by atoms with Gasteiger partial charge in [-0.25, -0.2) is 0 Å². The van der Waals surface area contributed by atoms with E-state index in [1.807, 2.05) is 0 Å². The highest BCUT2D eigenvalue weighted by Crippen LogP contribution is 2.29. The molecule has 2 aromatic heterocycles. The van der Waals surface area contributed by atoms with Crippen LogP contribution in [0.3, 0.4) is 0 Å². The van der Waals surface area contributed by atoms with Gasteiger partial charge in [-0.15, -0.1) is 10.2 Å². The first-order valence-corrected chi connectivity index (χ1v) is 9.30. The van der Waals surface area contributed by atoms with Gasteiger partial charge in [0.2, 0.25) is 4.96 Å². The maximum Gasteiger partial charge on any atom is 0.311 e. The number of aromatic nitrogens is 4. The van der Waals surface area contributed by atoms with E-state index in [1.165, 1.54) is 17.4 Å². The summed E-state index contributed by atoms with van der Waals surface area (Å²) in [6, 6.07) is 4.88. The van der Waals surface area contributed by atoms with Gasteiger partial charge in [-0.1, -0.05) is 17.4 Å². The molecule has 1 saturated heterocycles. The topological polar surface area (TPSA) is 108 Å². The predicted molar refractivity (Wildman–Crippen MR) is 96.9 cm³/mol. The van der Waals surface area contributed by atoms with Gasteiger partial charge in [-0.2, -0.15) is 9.61 Å². The Balaban J connectivity index is 1.48. The Morgan fingerprint density at radius 2 is 2.15 bits per heavy atom. The number of morpholine rings is 1. The fourth-order valence-electron chi connectivity index (χ4n) is 2.84. The van der Waals surface area contributed by atoms with Gasteiger partial charge < -0.3 is 9.47 Å². The van der Waals surface area contributed by atoms with E-state index in [0.717, 1.165) is 24.5 Å². The second-order valence-corrected chi connectivity index (χ2v) is 7.25. The van der Waals surface area contributed by atoms with Crippen molar-refractivity contribution in [1.29, 1.82) is 0 Å². The van der Waals surface area contributed by atoms with Crippen molar-refractivity contribution in [2.75, 3.05) is 26.3 Å². The number of ether oxygens (including phenoxy) is 2. The highest BCUT2D eigenvalue weighted by Gasteiger charge is 2.19. The zero-order valence-electron chi connectivity index (χ0n) is 14.7. The number of nitrogens with zero attached hydrogens (tertiary/aromatic N) is 6. The molecule has 0 radical (unpaired) electrons. The summed E-state index contributed by atoms with van der Waals surface area (Å²) in [6.45, 7) is 5.72. The minimum Gasteiger partial charge on any atom is -0.479 e. The number of aryl methyl sites for hydroxylation is 1. The van der Waals surface area contributed by atoms with Gasteiger partial charge in [0.15, 0.2) is 16.6 Å². The van der Waals surface area contributed by atoms with Crippen LogP contribution in [-0.4, -0.2) is 55.9 Å². The molecule has 10 nitrogen and oxygen atoms in total. The lowest BCUT2D eigenvalue weighted by Crippen LogP contribution is -2.36. The Morgan fingerprint density at radius 1 is 1.33 bits per heavy atom. The number of hydrogen-bond acceptors (Lipinski definition) is 9. The molecule has 0 saturated carbocycles. The summed E-state index contributed by atoms with van der Waals surface area (Å²) in [5.74, 6) is 0.987. The van der Waals surface area contributed by atoms with E-state index < -0.39 is 4.92 Å². The Labute approximate surface area is 158 Å². The molecule has 1 aliphatic rings. The molecule has 4 rings (SSSR count). The molecule has 142 valence electrons. The summed E-state index contributed by atoms with van der Waals surface area (Å²) in [6.07, 6.45) is 0. The molecular formula is C16H18N6O4S. The van der Waals surface area contributed by atoms with Crippen molar-refractivity contribution in [2.45, 2.75) is 20.1 Å². The quantitative estimate of drug-likeness (QED) is 0.463. The lowest BCUT2D eigenvalue weighted by atomic mass is 10.2. The van der Waals surface area contributed by atoms with E-state index in [4.69, 9.17) is 9.47 Å². The van der Waals surface area contributed by atoms with Gasteiger partial charge in [0.1, 0.15) is 6.61 Å². The van der Waals surface area contributed by atoms with E-state index in [1.54, 1.807) is 23.6 Å². The van der Waals surface area contributed by atoms with Crippen molar-refractivity contribution in [3.63, 3.8) is 0 Å². The summed E-state index contributed by atoms with van der Waals surface area (Å²) in [5.41, 5.74) is 0.756. The van der Waals surface area contributed by atoms with Gasteiger partial charge in [-0.3, -0.25) is 15.0 Å². The Kier molecular flexibility index (Phi) is 4.97. The number of nitro groups is 1. The van der Waals surface area contributed by atoms with Gasteiger partial charge in [0, 0.05) is 19.2 Å². The highest BCUT2D eigenvalue weighted by atomic mass is 32.1. The zero-order chi connectivity index (χ0) is 18.8. The number of nitro benzene ring substituents is 1. The smallest absolute Gasteiger partial charge is 0.311 e. The average molecular weight is 390 g/mol. The van der Waals surface area contributed by atoms with Crippen LogP contribution in [0.5, 0.6) is 5.75 Å². The van der Waals surface area contributed by atoms with E-state index in [2.05, 4.69) is 20.2 Å². The largest absolute Gasteiger partial charge is 0.479 e. The van der Waals surface area contributed by atoms with Crippen LogP contribution in [0.25, 0.3) is 4.96 Å². The second-order valence-electron chi connectivity index (χ2n) is 6.21. The molecule has 1 fully saturated rings.